The minimum atomic E-state index is 0.583. The van der Waals surface area contributed by atoms with E-state index < -0.39 is 0 Å². The first-order valence-electron chi connectivity index (χ1n) is 5.65. The van der Waals surface area contributed by atoms with Crippen molar-refractivity contribution in [3.05, 3.63) is 0 Å². The number of hydrogen-bond donors (Lipinski definition) is 0. The predicted molar refractivity (Wildman–Crippen MR) is 62.7 cm³/mol. The number of nitrogens with zero attached hydrogens (tertiary/aromatic N) is 2. The molecule has 2 heteroatoms. The maximum Gasteiger partial charge on any atom is 0.0176 e. The van der Waals surface area contributed by atoms with E-state index in [1.54, 1.807) is 0 Å². The summed E-state index contributed by atoms with van der Waals surface area (Å²) in [7, 11) is 8.58. The molecule has 2 rings (SSSR count). The molecule has 0 bridgehead atoms. The molecule has 0 aromatic rings. The number of rotatable bonds is 2. The molecule has 0 spiro atoms. The van der Waals surface area contributed by atoms with E-state index in [0.29, 0.717) is 11.1 Å². The van der Waals surface area contributed by atoms with Crippen LogP contribution < -0.4 is 0 Å². The van der Waals surface area contributed by atoms with E-state index in [9.17, 15) is 0 Å². The van der Waals surface area contributed by atoms with Crippen LogP contribution >= 0.6 is 0 Å². The second kappa shape index (κ2) is 3.82. The molecule has 0 saturated heterocycles. The molecule has 2 aliphatic rings. The van der Waals surface area contributed by atoms with Gasteiger partial charge in [-0.1, -0.05) is 0 Å². The van der Waals surface area contributed by atoms with Crippen molar-refractivity contribution >= 4 is 0 Å². The normalized spacial score (nSPS) is 25.7. The van der Waals surface area contributed by atoms with Gasteiger partial charge in [-0.05, 0) is 67.7 Å². The highest BCUT2D eigenvalue weighted by Gasteiger charge is 2.39. The summed E-state index contributed by atoms with van der Waals surface area (Å²) in [6, 6.07) is 0. The van der Waals surface area contributed by atoms with Crippen LogP contribution in [0.1, 0.15) is 39.5 Å². The van der Waals surface area contributed by atoms with Gasteiger partial charge in [0.15, 0.2) is 0 Å². The van der Waals surface area contributed by atoms with Crippen LogP contribution in [-0.4, -0.2) is 49.1 Å². The Morgan fingerprint density at radius 2 is 0.857 bits per heavy atom. The SMILES string of the molecule is CN(C)C1(C)CC1.CN(C)C1(C)CC1. The van der Waals surface area contributed by atoms with Crippen LogP contribution in [-0.2, 0) is 0 Å². The molecule has 14 heavy (non-hydrogen) atoms. The smallest absolute Gasteiger partial charge is 0.0176 e. The van der Waals surface area contributed by atoms with Gasteiger partial charge in [0.25, 0.3) is 0 Å². The molecule has 0 unspecified atom stereocenters. The van der Waals surface area contributed by atoms with Crippen molar-refractivity contribution in [2.75, 3.05) is 28.2 Å². The van der Waals surface area contributed by atoms with Gasteiger partial charge in [-0.2, -0.15) is 0 Å². The summed E-state index contributed by atoms with van der Waals surface area (Å²) in [5.41, 5.74) is 1.17. The van der Waals surface area contributed by atoms with Gasteiger partial charge in [0, 0.05) is 11.1 Å². The van der Waals surface area contributed by atoms with E-state index >= 15 is 0 Å². The Labute approximate surface area is 89.3 Å². The molecular formula is C12H26N2. The standard InChI is InChI=1S/2C6H13N/c2*1-6(4-5-6)7(2)3/h2*4-5H2,1-3H3. The van der Waals surface area contributed by atoms with E-state index in [1.165, 1.54) is 25.7 Å². The van der Waals surface area contributed by atoms with Gasteiger partial charge in [0.2, 0.25) is 0 Å². The molecule has 0 aromatic heterocycles. The Kier molecular flexibility index (Phi) is 3.27. The van der Waals surface area contributed by atoms with Crippen LogP contribution in [0.25, 0.3) is 0 Å². The zero-order valence-electron chi connectivity index (χ0n) is 10.7. The summed E-state index contributed by atoms with van der Waals surface area (Å²) < 4.78 is 0. The third-order valence-corrected chi connectivity index (χ3v) is 4.11. The van der Waals surface area contributed by atoms with Crippen LogP contribution in [0.4, 0.5) is 0 Å². The first-order chi connectivity index (χ1) is 6.30. The molecule has 0 radical (unpaired) electrons. The van der Waals surface area contributed by atoms with Crippen LogP contribution in [0.3, 0.4) is 0 Å². The first kappa shape index (κ1) is 12.0. The fourth-order valence-corrected chi connectivity index (χ4v) is 1.26. The monoisotopic (exact) mass is 198 g/mol. The molecule has 84 valence electrons. The summed E-state index contributed by atoms with van der Waals surface area (Å²) in [6.45, 7) is 4.60. The minimum absolute atomic E-state index is 0.583. The van der Waals surface area contributed by atoms with E-state index in [1.807, 2.05) is 0 Å². The quantitative estimate of drug-likeness (QED) is 0.671. The summed E-state index contributed by atoms with van der Waals surface area (Å²) >= 11 is 0. The third kappa shape index (κ3) is 2.96. The second-order valence-electron chi connectivity index (χ2n) is 5.78. The van der Waals surface area contributed by atoms with Crippen molar-refractivity contribution in [1.82, 2.24) is 9.80 Å². The molecule has 0 aliphatic heterocycles. The van der Waals surface area contributed by atoms with Crippen LogP contribution in [0, 0.1) is 0 Å². The average Bonchev–Trinajstić information content (AvgIpc) is 2.93. The van der Waals surface area contributed by atoms with Gasteiger partial charge in [0.05, 0.1) is 0 Å². The largest absolute Gasteiger partial charge is 0.304 e. The molecule has 0 N–H and O–H groups in total. The van der Waals surface area contributed by atoms with Crippen molar-refractivity contribution in [3.63, 3.8) is 0 Å². The Hall–Kier alpha value is -0.0800. The van der Waals surface area contributed by atoms with E-state index in [0.717, 1.165) is 0 Å². The van der Waals surface area contributed by atoms with Gasteiger partial charge in [-0.3, -0.25) is 0 Å². The van der Waals surface area contributed by atoms with Crippen LogP contribution in [0.15, 0.2) is 0 Å². The van der Waals surface area contributed by atoms with Gasteiger partial charge in [-0.15, -0.1) is 0 Å². The molecule has 2 saturated carbocycles. The van der Waals surface area contributed by atoms with Crippen molar-refractivity contribution in [2.45, 2.75) is 50.6 Å². The molecule has 2 aliphatic carbocycles. The van der Waals surface area contributed by atoms with E-state index in [2.05, 4.69) is 51.8 Å². The van der Waals surface area contributed by atoms with Gasteiger partial charge >= 0.3 is 0 Å². The molecule has 0 aromatic carbocycles. The van der Waals surface area contributed by atoms with Crippen LogP contribution in [0.2, 0.25) is 0 Å². The van der Waals surface area contributed by atoms with E-state index in [4.69, 9.17) is 0 Å². The first-order valence-corrected chi connectivity index (χ1v) is 5.65. The minimum Gasteiger partial charge on any atom is -0.304 e. The Morgan fingerprint density at radius 1 is 0.643 bits per heavy atom. The lowest BCUT2D eigenvalue weighted by Gasteiger charge is -2.16. The molecule has 2 fully saturated rings. The highest BCUT2D eigenvalue weighted by Crippen LogP contribution is 2.39. The second-order valence-corrected chi connectivity index (χ2v) is 5.78. The lowest BCUT2D eigenvalue weighted by molar-refractivity contribution is 0.294. The predicted octanol–water partition coefficient (Wildman–Crippen LogP) is 2.20. The fraction of sp³-hybridized carbons (Fsp3) is 1.00. The maximum atomic E-state index is 2.30. The highest BCUT2D eigenvalue weighted by molar-refractivity contribution is 4.97. The van der Waals surface area contributed by atoms with Gasteiger partial charge in [0.1, 0.15) is 0 Å². The zero-order chi connectivity index (χ0) is 11.0. The molecule has 0 atom stereocenters. The zero-order valence-corrected chi connectivity index (χ0v) is 10.7. The summed E-state index contributed by atoms with van der Waals surface area (Å²) in [4.78, 5) is 4.60. The summed E-state index contributed by atoms with van der Waals surface area (Å²) in [5.74, 6) is 0. The molecular weight excluding hydrogens is 172 g/mol. The number of hydrogen-bond acceptors (Lipinski definition) is 2. The molecule has 0 amide bonds. The fourth-order valence-electron chi connectivity index (χ4n) is 1.26. The maximum absolute atomic E-state index is 2.30. The summed E-state index contributed by atoms with van der Waals surface area (Å²) in [5, 5.41) is 0. The lowest BCUT2D eigenvalue weighted by Crippen LogP contribution is -2.25. The Balaban J connectivity index is 0.000000140. The average molecular weight is 198 g/mol. The Morgan fingerprint density at radius 3 is 0.857 bits per heavy atom. The topological polar surface area (TPSA) is 6.48 Å². The summed E-state index contributed by atoms with van der Waals surface area (Å²) in [6.07, 6.45) is 5.56. The molecule has 0 heterocycles. The van der Waals surface area contributed by atoms with Crippen molar-refractivity contribution < 1.29 is 0 Å². The Bertz CT molecular complexity index is 166. The van der Waals surface area contributed by atoms with Crippen molar-refractivity contribution in [1.29, 1.82) is 0 Å². The molecule has 2 nitrogen and oxygen atoms in total. The van der Waals surface area contributed by atoms with Gasteiger partial charge in [-0.25, -0.2) is 0 Å². The van der Waals surface area contributed by atoms with Crippen molar-refractivity contribution in [3.8, 4) is 0 Å². The highest BCUT2D eigenvalue weighted by atomic mass is 15.2. The van der Waals surface area contributed by atoms with Crippen molar-refractivity contribution in [2.24, 2.45) is 0 Å². The van der Waals surface area contributed by atoms with E-state index in [-0.39, 0.29) is 0 Å². The third-order valence-electron chi connectivity index (χ3n) is 4.11. The van der Waals surface area contributed by atoms with Gasteiger partial charge < -0.3 is 9.80 Å². The van der Waals surface area contributed by atoms with Crippen LogP contribution in [0.5, 0.6) is 0 Å². The lowest BCUT2D eigenvalue weighted by atomic mass is 10.3.